The van der Waals surface area contributed by atoms with E-state index >= 15 is 0 Å². The number of pyridine rings is 4. The summed E-state index contributed by atoms with van der Waals surface area (Å²) in [6.45, 7) is 27.9. The molecule has 0 aromatic carbocycles. The van der Waals surface area contributed by atoms with Gasteiger partial charge in [-0.3, -0.25) is 0 Å². The average Bonchev–Trinajstić information content (AvgIpc) is 3.40. The Morgan fingerprint density at radius 2 is 1.17 bits per heavy atom. The van der Waals surface area contributed by atoms with Crippen LogP contribution in [0.15, 0.2) is 48.8 Å². The molecule has 0 bridgehead atoms. The van der Waals surface area contributed by atoms with E-state index in [1.54, 1.807) is 42.1 Å². The Morgan fingerprint density at radius 1 is 0.645 bits per heavy atom. The summed E-state index contributed by atoms with van der Waals surface area (Å²) in [6, 6.07) is 12.2. The highest BCUT2D eigenvalue weighted by atomic mass is 16.6. The summed E-state index contributed by atoms with van der Waals surface area (Å²) in [4.78, 5) is 77.7. The van der Waals surface area contributed by atoms with Crippen molar-refractivity contribution in [2.45, 2.75) is 158 Å². The summed E-state index contributed by atoms with van der Waals surface area (Å²) in [7, 11) is 0. The van der Waals surface area contributed by atoms with Gasteiger partial charge in [0.2, 0.25) is 0 Å². The Kier molecular flexibility index (Phi) is 20.7. The first-order valence-corrected chi connectivity index (χ1v) is 27.5. The highest BCUT2D eigenvalue weighted by Gasteiger charge is 2.31. The quantitative estimate of drug-likeness (QED) is 0.0842. The first-order valence-electron chi connectivity index (χ1n) is 27.5. The smallest absolute Gasteiger partial charge is 0.410 e. The van der Waals surface area contributed by atoms with Crippen LogP contribution in [0.3, 0.4) is 0 Å². The van der Waals surface area contributed by atoms with Crippen molar-refractivity contribution >= 4 is 47.4 Å². The van der Waals surface area contributed by atoms with Gasteiger partial charge in [0, 0.05) is 93.5 Å². The maximum absolute atomic E-state index is 12.9. The Balaban J connectivity index is 0.000000247. The standard InChI is InChI=1S/C29H41N5O4.C29H43N5O4/c1-6-37-27(35)23-19-25(33-14-16-34(17-15-33)28(36)38-29(3,4)5)32-26(20(23)2)21-12-13-30-24(18-21)31-22-10-8-7-9-11-22;1-8-11-22(9-2)31-25-18-21(12-13-30-25)24-19-23(27(35)37-10-3)20(4)26(32-24)33-14-16-34(17-15-33)28(36)38-29(5,6)7/h12-13,18-19,22H,6-11,14-17H2,1-5H3,(H,30,31);12-13,18-19,22H,8-11,14-17H2,1-7H3,(H,30,31). The largest absolute Gasteiger partial charge is 0.462 e. The van der Waals surface area contributed by atoms with Crippen LogP contribution in [0.4, 0.5) is 32.9 Å². The van der Waals surface area contributed by atoms with Crippen molar-refractivity contribution < 1.29 is 38.1 Å². The molecule has 18 heteroatoms. The molecular formula is C58H84N10O8. The Hall–Kier alpha value is -6.72. The zero-order valence-electron chi connectivity index (χ0n) is 47.3. The lowest BCUT2D eigenvalue weighted by Crippen LogP contribution is -2.50. The van der Waals surface area contributed by atoms with E-state index < -0.39 is 11.2 Å². The number of piperazine rings is 2. The van der Waals surface area contributed by atoms with E-state index in [1.807, 2.05) is 85.7 Å². The number of aromatic nitrogens is 4. The number of hydrogen-bond acceptors (Lipinski definition) is 16. The lowest BCUT2D eigenvalue weighted by atomic mass is 9.95. The Bertz CT molecular complexity index is 2580. The summed E-state index contributed by atoms with van der Waals surface area (Å²) >= 11 is 0. The van der Waals surface area contributed by atoms with Gasteiger partial charge in [0.15, 0.2) is 0 Å². The number of ether oxygens (including phenoxy) is 4. The predicted octanol–water partition coefficient (Wildman–Crippen LogP) is 11.1. The van der Waals surface area contributed by atoms with E-state index in [9.17, 15) is 19.2 Å². The van der Waals surface area contributed by atoms with Gasteiger partial charge in [0.05, 0.1) is 35.7 Å². The van der Waals surface area contributed by atoms with E-state index in [-0.39, 0.29) is 24.1 Å². The van der Waals surface area contributed by atoms with Crippen LogP contribution in [0.2, 0.25) is 0 Å². The fraction of sp³-hybridized carbons (Fsp3) is 0.586. The van der Waals surface area contributed by atoms with Gasteiger partial charge in [-0.2, -0.15) is 0 Å². The fourth-order valence-corrected chi connectivity index (χ4v) is 9.52. The molecule has 6 heterocycles. The predicted molar refractivity (Wildman–Crippen MR) is 299 cm³/mol. The number of carbonyl (C=O) groups excluding carboxylic acids is 4. The van der Waals surface area contributed by atoms with Gasteiger partial charge in [-0.25, -0.2) is 39.1 Å². The van der Waals surface area contributed by atoms with Gasteiger partial charge in [-0.1, -0.05) is 39.5 Å². The maximum Gasteiger partial charge on any atom is 0.410 e. The number of rotatable bonds is 15. The molecule has 4 aromatic rings. The molecule has 1 atom stereocenters. The molecule has 1 saturated carbocycles. The van der Waals surface area contributed by atoms with Crippen molar-refractivity contribution in [3.63, 3.8) is 0 Å². The summed E-state index contributed by atoms with van der Waals surface area (Å²) in [6.07, 6.45) is 12.2. The van der Waals surface area contributed by atoms with Gasteiger partial charge in [0.25, 0.3) is 0 Å². The molecule has 18 nitrogen and oxygen atoms in total. The Morgan fingerprint density at radius 3 is 1.71 bits per heavy atom. The van der Waals surface area contributed by atoms with Crippen LogP contribution in [-0.4, -0.2) is 143 Å². The molecule has 3 fully saturated rings. The number of nitrogens with one attached hydrogen (secondary N) is 2. The molecule has 7 rings (SSSR count). The lowest BCUT2D eigenvalue weighted by molar-refractivity contribution is 0.0230. The molecule has 76 heavy (non-hydrogen) atoms. The third-order valence-corrected chi connectivity index (χ3v) is 13.5. The molecule has 414 valence electrons. The molecular weight excluding hydrogens is 965 g/mol. The zero-order chi connectivity index (χ0) is 55.2. The van der Waals surface area contributed by atoms with Gasteiger partial charge >= 0.3 is 24.1 Å². The third kappa shape index (κ3) is 16.4. The number of carbonyl (C=O) groups is 4. The first kappa shape index (κ1) is 58.5. The average molecular weight is 1050 g/mol. The second-order valence-electron chi connectivity index (χ2n) is 21.7. The van der Waals surface area contributed by atoms with Gasteiger partial charge < -0.3 is 49.2 Å². The molecule has 2 amide bonds. The minimum atomic E-state index is -0.541. The van der Waals surface area contributed by atoms with Gasteiger partial charge in [0.1, 0.15) is 34.5 Å². The SMILES string of the molecule is CCCC(CC)Nc1cc(-c2cc(C(=O)OCC)c(C)c(N3CCN(C(=O)OC(C)(C)C)CC3)n2)ccn1.CCOC(=O)c1cc(N2CCN(C(=O)OC(C)(C)C)CC2)nc(-c2ccnc(NC3CCCCC3)c2)c1C. The lowest BCUT2D eigenvalue weighted by Gasteiger charge is -2.37. The molecule has 0 radical (unpaired) electrons. The zero-order valence-corrected chi connectivity index (χ0v) is 47.3. The van der Waals surface area contributed by atoms with Crippen LogP contribution < -0.4 is 20.4 Å². The molecule has 3 aliphatic rings. The van der Waals surface area contributed by atoms with Crippen molar-refractivity contribution in [3.8, 4) is 22.5 Å². The minimum Gasteiger partial charge on any atom is -0.462 e. The van der Waals surface area contributed by atoms with Crippen LogP contribution in [0.5, 0.6) is 0 Å². The number of amides is 2. The summed E-state index contributed by atoms with van der Waals surface area (Å²) in [5.74, 6) is 2.29. The van der Waals surface area contributed by atoms with Crippen molar-refractivity contribution in [1.29, 1.82) is 0 Å². The van der Waals surface area contributed by atoms with E-state index in [2.05, 4.69) is 44.2 Å². The Labute approximate surface area is 451 Å². The van der Waals surface area contributed by atoms with Crippen molar-refractivity contribution in [1.82, 2.24) is 29.7 Å². The summed E-state index contributed by atoms with van der Waals surface area (Å²) < 4.78 is 21.8. The normalized spacial score (nSPS) is 15.7. The highest BCUT2D eigenvalue weighted by molar-refractivity contribution is 5.95. The molecule has 2 aliphatic heterocycles. The summed E-state index contributed by atoms with van der Waals surface area (Å²) in [5, 5.41) is 7.12. The molecule has 4 aromatic heterocycles. The van der Waals surface area contributed by atoms with Gasteiger partial charge in [-0.15, -0.1) is 0 Å². The number of nitrogens with zero attached hydrogens (tertiary/aromatic N) is 8. The summed E-state index contributed by atoms with van der Waals surface area (Å²) in [5.41, 5.74) is 4.63. The van der Waals surface area contributed by atoms with E-state index in [0.29, 0.717) is 100 Å². The molecule has 2 N–H and O–H groups in total. The topological polar surface area (TPSA) is 194 Å². The van der Waals surface area contributed by atoms with Crippen LogP contribution in [-0.2, 0) is 18.9 Å². The molecule has 2 saturated heterocycles. The monoisotopic (exact) mass is 1050 g/mol. The highest BCUT2D eigenvalue weighted by Crippen LogP contribution is 2.33. The second-order valence-corrected chi connectivity index (χ2v) is 21.7. The van der Waals surface area contributed by atoms with Crippen LogP contribution >= 0.6 is 0 Å². The third-order valence-electron chi connectivity index (χ3n) is 13.5. The van der Waals surface area contributed by atoms with Crippen molar-refractivity contribution in [3.05, 3.63) is 71.0 Å². The number of anilines is 4. The minimum absolute atomic E-state index is 0.291. The molecule has 0 spiro atoms. The van der Waals surface area contributed by atoms with Crippen molar-refractivity contribution in [2.24, 2.45) is 0 Å². The number of esters is 2. The maximum atomic E-state index is 12.9. The van der Waals surface area contributed by atoms with E-state index in [1.165, 1.54) is 19.3 Å². The van der Waals surface area contributed by atoms with Crippen LogP contribution in [0, 0.1) is 13.8 Å². The van der Waals surface area contributed by atoms with Gasteiger partial charge in [-0.05, 0) is 137 Å². The first-order chi connectivity index (χ1) is 36.2. The van der Waals surface area contributed by atoms with Crippen molar-refractivity contribution in [2.75, 3.05) is 86.0 Å². The molecule has 1 aliphatic carbocycles. The van der Waals surface area contributed by atoms with E-state index in [4.69, 9.17) is 28.9 Å². The van der Waals surface area contributed by atoms with Crippen LogP contribution in [0.1, 0.15) is 152 Å². The second kappa shape index (κ2) is 26.9. The molecule has 1 unspecified atom stereocenters. The number of hydrogen-bond donors (Lipinski definition) is 2. The fourth-order valence-electron chi connectivity index (χ4n) is 9.52. The van der Waals surface area contributed by atoms with Crippen LogP contribution in [0.25, 0.3) is 22.5 Å². The van der Waals surface area contributed by atoms with E-state index in [0.717, 1.165) is 77.5 Å².